The summed E-state index contributed by atoms with van der Waals surface area (Å²) in [6.45, 7) is 11.1. The molecule has 2 aliphatic heterocycles. The van der Waals surface area contributed by atoms with Crippen LogP contribution < -0.4 is 0 Å². The number of piperazine rings is 2. The van der Waals surface area contributed by atoms with Gasteiger partial charge in [-0.2, -0.15) is 19.1 Å². The highest BCUT2D eigenvalue weighted by Crippen LogP contribution is 2.38. The molecule has 0 aromatic heterocycles. The Bertz CT molecular complexity index is 2970. The van der Waals surface area contributed by atoms with Crippen LogP contribution in [-0.4, -0.2) is 119 Å². The Labute approximate surface area is 421 Å². The molecule has 16 nitrogen and oxygen atoms in total. The molecule has 2 aliphatic rings. The molecule has 2 amide bonds. The van der Waals surface area contributed by atoms with Crippen molar-refractivity contribution in [1.29, 1.82) is 10.5 Å². The number of rotatable bonds is 8. The third-order valence-electron chi connectivity index (χ3n) is 9.66. The van der Waals surface area contributed by atoms with Gasteiger partial charge in [-0.1, -0.05) is 58.2 Å². The van der Waals surface area contributed by atoms with Crippen LogP contribution in [0.2, 0.25) is 20.1 Å². The molecule has 0 unspecified atom stereocenters. The Morgan fingerprint density at radius 1 is 0.544 bits per heavy atom. The average molecular weight is 1090 g/mol. The number of nitriles is 2. The molecule has 0 radical (unpaired) electrons. The van der Waals surface area contributed by atoms with Crippen LogP contribution in [0.15, 0.2) is 102 Å². The molecule has 4 aromatic carbocycles. The van der Waals surface area contributed by atoms with Crippen molar-refractivity contribution in [2.45, 2.75) is 82.1 Å². The van der Waals surface area contributed by atoms with Gasteiger partial charge in [0, 0.05) is 82.2 Å². The minimum Gasteiger partial charge on any atom is -0.444 e. The number of benzene rings is 4. The second-order valence-electron chi connectivity index (χ2n) is 17.1. The first-order chi connectivity index (χ1) is 31.5. The number of ether oxygens (including phenoxy) is 2. The maximum Gasteiger partial charge on any atom is 0.410 e. The van der Waals surface area contributed by atoms with Crippen LogP contribution in [0, 0.1) is 22.7 Å². The normalized spacial score (nSPS) is 15.4. The quantitative estimate of drug-likeness (QED) is 0.161. The van der Waals surface area contributed by atoms with Crippen molar-refractivity contribution in [3.05, 3.63) is 104 Å². The van der Waals surface area contributed by atoms with Gasteiger partial charge in [-0.3, -0.25) is 0 Å². The lowest BCUT2D eigenvalue weighted by atomic mass is 10.2. The summed E-state index contributed by atoms with van der Waals surface area (Å²) in [6.07, 6.45) is -1.04. The van der Waals surface area contributed by atoms with Gasteiger partial charge in [-0.05, 0) is 114 Å². The van der Waals surface area contributed by atoms with Crippen LogP contribution >= 0.6 is 58.2 Å². The van der Waals surface area contributed by atoms with E-state index in [0.29, 0.717) is 19.8 Å². The Kier molecular flexibility index (Phi) is 17.5. The molecule has 6 rings (SSSR count). The summed E-state index contributed by atoms with van der Waals surface area (Å²) < 4.78 is 94.1. The van der Waals surface area contributed by atoms with Crippen LogP contribution in [0.25, 0.3) is 0 Å². The van der Waals surface area contributed by atoms with Gasteiger partial charge in [-0.25, -0.2) is 34.8 Å². The molecule has 68 heavy (non-hydrogen) atoms. The summed E-state index contributed by atoms with van der Waals surface area (Å²) in [5.41, 5.74) is -1.13. The highest BCUT2D eigenvalue weighted by molar-refractivity contribution is 8.00. The highest BCUT2D eigenvalue weighted by Gasteiger charge is 2.37. The molecule has 4 aromatic rings. The first kappa shape index (κ1) is 54.6. The van der Waals surface area contributed by atoms with Crippen molar-refractivity contribution >= 4 is 100 Å². The van der Waals surface area contributed by atoms with Gasteiger partial charge in [0.2, 0.25) is 29.9 Å². The summed E-state index contributed by atoms with van der Waals surface area (Å²) in [5.74, 6) is 0. The minimum absolute atomic E-state index is 0.0216. The number of sulfonamides is 2. The molecular formula is C44H46Cl4N6O10S4. The molecule has 0 aliphatic carbocycles. The van der Waals surface area contributed by atoms with E-state index in [1.807, 2.05) is 12.1 Å². The van der Waals surface area contributed by atoms with Crippen LogP contribution in [0.4, 0.5) is 9.59 Å². The predicted molar refractivity (Wildman–Crippen MR) is 258 cm³/mol. The molecule has 364 valence electrons. The topological polar surface area (TPSA) is 216 Å². The molecule has 0 saturated carbocycles. The van der Waals surface area contributed by atoms with Gasteiger partial charge in [0.05, 0.1) is 38.0 Å². The summed E-state index contributed by atoms with van der Waals surface area (Å²) in [4.78, 5) is 27.3. The minimum atomic E-state index is -4.37. The van der Waals surface area contributed by atoms with Gasteiger partial charge in [0.25, 0.3) is 0 Å². The van der Waals surface area contributed by atoms with Crippen LogP contribution in [0.3, 0.4) is 0 Å². The van der Waals surface area contributed by atoms with Crippen LogP contribution in [0.5, 0.6) is 0 Å². The van der Waals surface area contributed by atoms with Gasteiger partial charge >= 0.3 is 12.2 Å². The van der Waals surface area contributed by atoms with Crippen molar-refractivity contribution in [3.63, 3.8) is 0 Å². The number of carbonyl (C=O) groups excluding carboxylic acids is 2. The zero-order valence-corrected chi connectivity index (χ0v) is 43.8. The van der Waals surface area contributed by atoms with E-state index in [4.69, 9.17) is 55.9 Å². The van der Waals surface area contributed by atoms with Crippen LogP contribution in [-0.2, 0) is 39.4 Å². The SMILES string of the molecule is CC(C)(C)OC(=O)N1CCN(S(=O)(=O)c2cc(C#N)ccc2S(=O)(=O)c2cc(Cl)cc(Cl)c2)CC1.CC(C)(C)OC(=O)N1CCN(S(=O)(=O)c2cc(C#N)ccc2Sc2cc(Cl)cc(Cl)c2)CC1. The van der Waals surface area contributed by atoms with Crippen LogP contribution in [0.1, 0.15) is 52.7 Å². The largest absolute Gasteiger partial charge is 0.444 e. The van der Waals surface area contributed by atoms with E-state index in [0.717, 1.165) is 28.6 Å². The lowest BCUT2D eigenvalue weighted by Crippen LogP contribution is -2.51. The molecule has 0 spiro atoms. The molecule has 24 heteroatoms. The van der Waals surface area contributed by atoms with Gasteiger partial charge in [0.1, 0.15) is 16.1 Å². The zero-order valence-electron chi connectivity index (χ0n) is 37.5. The third-order valence-corrected chi connectivity index (χ3v) is 17.5. The molecule has 0 bridgehead atoms. The van der Waals surface area contributed by atoms with Crippen molar-refractivity contribution in [2.24, 2.45) is 0 Å². The zero-order chi connectivity index (χ0) is 50.6. The fourth-order valence-corrected chi connectivity index (χ4v) is 14.3. The van der Waals surface area contributed by atoms with E-state index in [-0.39, 0.29) is 83.3 Å². The first-order valence-electron chi connectivity index (χ1n) is 20.4. The second-order valence-corrected chi connectivity index (χ2v) is 25.7. The van der Waals surface area contributed by atoms with Crippen molar-refractivity contribution < 1.29 is 44.3 Å². The van der Waals surface area contributed by atoms with Crippen molar-refractivity contribution in [1.82, 2.24) is 18.4 Å². The van der Waals surface area contributed by atoms with E-state index >= 15 is 0 Å². The molecule has 0 N–H and O–H groups in total. The fraction of sp³-hybridized carbons (Fsp3) is 0.364. The summed E-state index contributed by atoms with van der Waals surface area (Å²) in [5, 5.41) is 19.6. The second kappa shape index (κ2) is 21.8. The molecule has 2 fully saturated rings. The number of sulfone groups is 1. The highest BCUT2D eigenvalue weighted by atomic mass is 35.5. The smallest absolute Gasteiger partial charge is 0.410 e. The molecule has 0 atom stereocenters. The Hall–Kier alpha value is -4.32. The maximum atomic E-state index is 13.6. The van der Waals surface area contributed by atoms with Gasteiger partial charge < -0.3 is 19.3 Å². The number of hydrogen-bond acceptors (Lipinski definition) is 13. The molecule has 2 saturated heterocycles. The summed E-state index contributed by atoms with van der Waals surface area (Å²) in [7, 11) is -12.7. The van der Waals surface area contributed by atoms with E-state index in [1.54, 1.807) is 71.9 Å². The van der Waals surface area contributed by atoms with E-state index < -0.39 is 63.1 Å². The van der Waals surface area contributed by atoms with E-state index in [1.165, 1.54) is 44.1 Å². The Morgan fingerprint density at radius 3 is 1.34 bits per heavy atom. The Balaban J connectivity index is 0.000000255. The van der Waals surface area contributed by atoms with Gasteiger partial charge in [-0.15, -0.1) is 0 Å². The number of carbonyl (C=O) groups is 2. The summed E-state index contributed by atoms with van der Waals surface area (Å²) >= 11 is 25.3. The summed E-state index contributed by atoms with van der Waals surface area (Å²) in [6, 6.07) is 20.3. The van der Waals surface area contributed by atoms with E-state index in [2.05, 4.69) is 0 Å². The molecular weight excluding hydrogens is 1040 g/mol. The number of nitrogens with zero attached hydrogens (tertiary/aromatic N) is 6. The number of halogens is 4. The lowest BCUT2D eigenvalue weighted by molar-refractivity contribution is 0.0183. The standard InChI is InChI=1S/C22H23Cl2N3O6S2.C22H23Cl2N3O4S2/c1-22(2,3)33-21(28)26-6-8-27(9-7-26)35(31,32)20-10-15(14-25)4-5-19(20)34(29,30)18-12-16(23)11-17(24)13-18;1-22(2,3)31-21(28)26-6-8-27(9-7-26)33(29,30)20-10-15(14-25)4-5-19(20)32-18-12-16(23)11-17(24)13-18/h4-5,10-13H,6-9H2,1-3H3;4-5,10-13H,6-9H2,1-3H3. The first-order valence-corrected chi connectivity index (χ1v) is 27.1. The Morgan fingerprint density at radius 2 is 0.926 bits per heavy atom. The number of amides is 2. The van der Waals surface area contributed by atoms with Crippen molar-refractivity contribution in [2.75, 3.05) is 52.4 Å². The number of hydrogen-bond donors (Lipinski definition) is 0. The fourth-order valence-electron chi connectivity index (χ4n) is 6.54. The monoisotopic (exact) mass is 1090 g/mol. The lowest BCUT2D eigenvalue weighted by Gasteiger charge is -2.35. The predicted octanol–water partition coefficient (Wildman–Crippen LogP) is 9.20. The van der Waals surface area contributed by atoms with E-state index in [9.17, 15) is 45.4 Å². The average Bonchev–Trinajstić information content (AvgIpc) is 3.24. The van der Waals surface area contributed by atoms with Gasteiger partial charge in [0.15, 0.2) is 0 Å². The molecule has 2 heterocycles. The van der Waals surface area contributed by atoms with Crippen molar-refractivity contribution in [3.8, 4) is 12.1 Å². The maximum absolute atomic E-state index is 13.6. The third kappa shape index (κ3) is 13.9.